The van der Waals surface area contributed by atoms with Gasteiger partial charge in [0, 0.05) is 12.4 Å². The van der Waals surface area contributed by atoms with E-state index in [0.29, 0.717) is 6.04 Å². The molecule has 3 nitrogen and oxygen atoms in total. The lowest BCUT2D eigenvalue weighted by atomic mass is 9.98. The van der Waals surface area contributed by atoms with E-state index >= 15 is 0 Å². The summed E-state index contributed by atoms with van der Waals surface area (Å²) in [4.78, 5) is 7.58. The van der Waals surface area contributed by atoms with Gasteiger partial charge in [-0.1, -0.05) is 32.6 Å². The van der Waals surface area contributed by atoms with Crippen molar-refractivity contribution in [3.8, 4) is 0 Å². The highest BCUT2D eigenvalue weighted by molar-refractivity contribution is 4.96. The van der Waals surface area contributed by atoms with E-state index in [1.807, 2.05) is 12.4 Å². The number of nitrogens with one attached hydrogen (secondary N) is 2. The molecule has 1 unspecified atom stereocenters. The minimum Gasteiger partial charge on any atom is -0.347 e. The Kier molecular flexibility index (Phi) is 3.78. The van der Waals surface area contributed by atoms with Gasteiger partial charge in [-0.25, -0.2) is 4.98 Å². The molecule has 2 N–H and O–H groups in total. The Morgan fingerprint density at radius 1 is 1.53 bits per heavy atom. The first-order chi connectivity index (χ1) is 7.40. The fourth-order valence-corrected chi connectivity index (χ4v) is 2.59. The van der Waals surface area contributed by atoms with Gasteiger partial charge in [0.05, 0.1) is 6.04 Å². The van der Waals surface area contributed by atoms with Crippen LogP contribution in [-0.2, 0) is 0 Å². The van der Waals surface area contributed by atoms with Crippen LogP contribution in [0.3, 0.4) is 0 Å². The molecule has 1 atom stereocenters. The Labute approximate surface area is 91.7 Å². The Morgan fingerprint density at radius 3 is 2.93 bits per heavy atom. The highest BCUT2D eigenvalue weighted by Crippen LogP contribution is 2.31. The molecule has 0 bridgehead atoms. The van der Waals surface area contributed by atoms with Gasteiger partial charge in [-0.15, -0.1) is 0 Å². The summed E-state index contributed by atoms with van der Waals surface area (Å²) >= 11 is 0. The largest absolute Gasteiger partial charge is 0.347 e. The Hall–Kier alpha value is -0.830. The van der Waals surface area contributed by atoms with Crippen molar-refractivity contribution in [1.29, 1.82) is 0 Å². The van der Waals surface area contributed by atoms with Gasteiger partial charge >= 0.3 is 0 Å². The van der Waals surface area contributed by atoms with Gasteiger partial charge in [-0.2, -0.15) is 0 Å². The number of hydrogen-bond donors (Lipinski definition) is 2. The zero-order chi connectivity index (χ0) is 10.5. The zero-order valence-electron chi connectivity index (χ0n) is 9.50. The van der Waals surface area contributed by atoms with Crippen molar-refractivity contribution in [3.63, 3.8) is 0 Å². The molecule has 1 aliphatic rings. The van der Waals surface area contributed by atoms with Gasteiger partial charge in [0.1, 0.15) is 5.82 Å². The van der Waals surface area contributed by atoms with Crippen molar-refractivity contribution in [2.45, 2.75) is 45.1 Å². The lowest BCUT2D eigenvalue weighted by Gasteiger charge is -2.19. The lowest BCUT2D eigenvalue weighted by Crippen LogP contribution is -2.24. The van der Waals surface area contributed by atoms with Crippen molar-refractivity contribution in [1.82, 2.24) is 15.3 Å². The van der Waals surface area contributed by atoms with Gasteiger partial charge in [0.15, 0.2) is 0 Å². The summed E-state index contributed by atoms with van der Waals surface area (Å²) in [5.74, 6) is 2.00. The van der Waals surface area contributed by atoms with Crippen LogP contribution in [0.25, 0.3) is 0 Å². The number of nitrogens with zero attached hydrogens (tertiary/aromatic N) is 1. The van der Waals surface area contributed by atoms with Crippen LogP contribution in [0.15, 0.2) is 12.4 Å². The molecule has 1 saturated carbocycles. The predicted molar refractivity (Wildman–Crippen MR) is 61.6 cm³/mol. The van der Waals surface area contributed by atoms with Crippen molar-refractivity contribution < 1.29 is 0 Å². The second kappa shape index (κ2) is 5.31. The zero-order valence-corrected chi connectivity index (χ0v) is 9.50. The summed E-state index contributed by atoms with van der Waals surface area (Å²) in [5.41, 5.74) is 0. The van der Waals surface area contributed by atoms with Crippen LogP contribution in [0.4, 0.5) is 0 Å². The highest BCUT2D eigenvalue weighted by atomic mass is 15.0. The molecule has 0 aliphatic heterocycles. The number of aromatic nitrogens is 2. The average Bonchev–Trinajstić information content (AvgIpc) is 2.89. The number of rotatable bonds is 5. The lowest BCUT2D eigenvalue weighted by molar-refractivity contribution is 0.390. The SMILES string of the molecule is CCNC(CC1CCCC1)c1ncc[nH]1. The molecule has 0 spiro atoms. The fourth-order valence-electron chi connectivity index (χ4n) is 2.59. The number of aromatic amines is 1. The maximum Gasteiger partial charge on any atom is 0.123 e. The maximum absolute atomic E-state index is 4.36. The third-order valence-electron chi connectivity index (χ3n) is 3.34. The van der Waals surface area contributed by atoms with Crippen molar-refractivity contribution in [2.24, 2.45) is 5.92 Å². The normalized spacial score (nSPS) is 19.5. The van der Waals surface area contributed by atoms with E-state index < -0.39 is 0 Å². The van der Waals surface area contributed by atoms with E-state index in [-0.39, 0.29) is 0 Å². The highest BCUT2D eigenvalue weighted by Gasteiger charge is 2.21. The van der Waals surface area contributed by atoms with Gasteiger partial charge in [0.25, 0.3) is 0 Å². The Morgan fingerprint density at radius 2 is 2.33 bits per heavy atom. The summed E-state index contributed by atoms with van der Waals surface area (Å²) in [6.07, 6.45) is 10.6. The number of H-pyrrole nitrogens is 1. The first kappa shape index (κ1) is 10.7. The average molecular weight is 207 g/mol. The molecular formula is C12H21N3. The van der Waals surface area contributed by atoms with Crippen LogP contribution in [0.1, 0.15) is 50.9 Å². The van der Waals surface area contributed by atoms with Crippen molar-refractivity contribution in [3.05, 3.63) is 18.2 Å². The van der Waals surface area contributed by atoms with Crippen molar-refractivity contribution >= 4 is 0 Å². The van der Waals surface area contributed by atoms with Gasteiger partial charge in [-0.3, -0.25) is 0 Å². The number of hydrogen-bond acceptors (Lipinski definition) is 2. The van der Waals surface area contributed by atoms with E-state index in [9.17, 15) is 0 Å². The van der Waals surface area contributed by atoms with Crippen LogP contribution >= 0.6 is 0 Å². The first-order valence-electron chi connectivity index (χ1n) is 6.12. The first-order valence-corrected chi connectivity index (χ1v) is 6.12. The second-order valence-corrected chi connectivity index (χ2v) is 4.47. The molecule has 1 aromatic heterocycles. The van der Waals surface area contributed by atoms with Crippen LogP contribution in [-0.4, -0.2) is 16.5 Å². The molecule has 0 saturated heterocycles. The molecular weight excluding hydrogens is 186 g/mol. The minimum absolute atomic E-state index is 0.424. The summed E-state index contributed by atoms with van der Waals surface area (Å²) in [5, 5.41) is 3.52. The molecule has 3 heteroatoms. The van der Waals surface area contributed by atoms with Gasteiger partial charge < -0.3 is 10.3 Å². The van der Waals surface area contributed by atoms with Crippen LogP contribution in [0.2, 0.25) is 0 Å². The summed E-state index contributed by atoms with van der Waals surface area (Å²) in [6, 6.07) is 0.424. The Balaban J connectivity index is 1.93. The summed E-state index contributed by atoms with van der Waals surface area (Å²) in [7, 11) is 0. The molecule has 1 aliphatic carbocycles. The quantitative estimate of drug-likeness (QED) is 0.779. The van der Waals surface area contributed by atoms with E-state index in [2.05, 4.69) is 22.2 Å². The molecule has 84 valence electrons. The predicted octanol–water partition coefficient (Wildman–Crippen LogP) is 2.64. The van der Waals surface area contributed by atoms with E-state index in [1.165, 1.54) is 32.1 Å². The van der Waals surface area contributed by atoms with Gasteiger partial charge in [-0.05, 0) is 18.9 Å². The van der Waals surface area contributed by atoms with E-state index in [0.717, 1.165) is 18.3 Å². The van der Waals surface area contributed by atoms with Crippen LogP contribution in [0, 0.1) is 5.92 Å². The van der Waals surface area contributed by atoms with Crippen LogP contribution < -0.4 is 5.32 Å². The standard InChI is InChI=1S/C12H21N3/c1-2-13-11(12-14-7-8-15-12)9-10-5-3-4-6-10/h7-8,10-11,13H,2-6,9H2,1H3,(H,14,15). The molecule has 1 fully saturated rings. The van der Waals surface area contributed by atoms with E-state index in [1.54, 1.807) is 0 Å². The second-order valence-electron chi connectivity index (χ2n) is 4.47. The number of imidazole rings is 1. The molecule has 0 amide bonds. The molecule has 1 aromatic rings. The van der Waals surface area contributed by atoms with E-state index in [4.69, 9.17) is 0 Å². The minimum atomic E-state index is 0.424. The Bertz CT molecular complexity index is 262. The molecule has 15 heavy (non-hydrogen) atoms. The fraction of sp³-hybridized carbons (Fsp3) is 0.750. The third kappa shape index (κ3) is 2.81. The van der Waals surface area contributed by atoms with Gasteiger partial charge in [0.2, 0.25) is 0 Å². The summed E-state index contributed by atoms with van der Waals surface area (Å²) in [6.45, 7) is 3.17. The molecule has 0 radical (unpaired) electrons. The van der Waals surface area contributed by atoms with Crippen molar-refractivity contribution in [2.75, 3.05) is 6.54 Å². The third-order valence-corrected chi connectivity index (χ3v) is 3.34. The van der Waals surface area contributed by atoms with Crippen LogP contribution in [0.5, 0.6) is 0 Å². The smallest absolute Gasteiger partial charge is 0.123 e. The maximum atomic E-state index is 4.36. The summed E-state index contributed by atoms with van der Waals surface area (Å²) < 4.78 is 0. The topological polar surface area (TPSA) is 40.7 Å². The molecule has 2 rings (SSSR count). The molecule has 1 heterocycles. The molecule has 0 aromatic carbocycles. The monoisotopic (exact) mass is 207 g/mol.